The molecule has 0 atom stereocenters. The number of benzene rings is 1. The molecule has 0 unspecified atom stereocenters. The van der Waals surface area contributed by atoms with E-state index in [0.717, 1.165) is 16.9 Å². The summed E-state index contributed by atoms with van der Waals surface area (Å²) in [6.07, 6.45) is 3.12. The van der Waals surface area contributed by atoms with Crippen molar-refractivity contribution in [3.05, 3.63) is 30.6 Å². The molecule has 0 aliphatic carbocycles. The topological polar surface area (TPSA) is 96.4 Å². The molecule has 0 bridgehead atoms. The Balaban J connectivity index is 1.84. The molecular weight excluding hydrogens is 286 g/mol. The molecule has 0 amide bonds. The molecule has 0 fully saturated rings. The van der Waals surface area contributed by atoms with Gasteiger partial charge >= 0.3 is 0 Å². The van der Waals surface area contributed by atoms with Crippen molar-refractivity contribution in [2.45, 2.75) is 19.9 Å². The zero-order chi connectivity index (χ0) is 15.1. The lowest BCUT2D eigenvalue weighted by atomic mass is 10.1. The molecule has 22 heavy (non-hydrogen) atoms. The molecule has 1 aliphatic heterocycles. The first-order valence-electron chi connectivity index (χ1n) is 6.79. The van der Waals surface area contributed by atoms with Crippen molar-refractivity contribution in [2.24, 2.45) is 0 Å². The minimum atomic E-state index is 0.182. The summed E-state index contributed by atoms with van der Waals surface area (Å²) in [5, 5.41) is 18.3. The second kappa shape index (κ2) is 4.72. The van der Waals surface area contributed by atoms with Crippen LogP contribution in [0.2, 0.25) is 0 Å². The number of anilines is 3. The molecule has 3 heterocycles. The molecule has 2 aromatic heterocycles. The highest BCUT2D eigenvalue weighted by molar-refractivity contribution is 5.91. The normalized spacial score (nSPS) is 13.6. The lowest BCUT2D eigenvalue weighted by molar-refractivity contribution is 0.391. The Labute approximate surface area is 125 Å². The van der Waals surface area contributed by atoms with E-state index < -0.39 is 0 Å². The summed E-state index contributed by atoms with van der Waals surface area (Å²) < 4.78 is 10.4. The summed E-state index contributed by atoms with van der Waals surface area (Å²) in [5.74, 6) is 1.08. The fraction of sp³-hybridized carbons (Fsp3) is 0.231. The average Bonchev–Trinajstić information content (AvgIpc) is 3.25. The van der Waals surface area contributed by atoms with Gasteiger partial charge in [-0.3, -0.25) is 10.4 Å². The van der Waals surface area contributed by atoms with E-state index >= 15 is 0 Å². The molecule has 1 aromatic carbocycles. The Hall–Kier alpha value is -3.10. The van der Waals surface area contributed by atoms with E-state index in [4.69, 9.17) is 9.05 Å². The zero-order valence-electron chi connectivity index (χ0n) is 12.0. The fourth-order valence-corrected chi connectivity index (χ4v) is 2.53. The molecule has 9 heteroatoms. The predicted octanol–water partition coefficient (Wildman–Crippen LogP) is 2.10. The van der Waals surface area contributed by atoms with Crippen LogP contribution in [-0.2, 0) is 0 Å². The van der Waals surface area contributed by atoms with Crippen LogP contribution < -0.4 is 15.6 Å². The third-order valence-electron chi connectivity index (χ3n) is 3.40. The maximum atomic E-state index is 5.18. The van der Waals surface area contributed by atoms with Crippen molar-refractivity contribution in [3.8, 4) is 11.3 Å². The van der Waals surface area contributed by atoms with Gasteiger partial charge in [-0.2, -0.15) is 5.12 Å². The maximum absolute atomic E-state index is 5.18. The smallest absolute Gasteiger partial charge is 0.285 e. The van der Waals surface area contributed by atoms with Crippen molar-refractivity contribution in [2.75, 3.05) is 15.6 Å². The van der Waals surface area contributed by atoms with Crippen LogP contribution >= 0.6 is 0 Å². The van der Waals surface area contributed by atoms with E-state index in [1.807, 2.05) is 23.2 Å². The van der Waals surface area contributed by atoms with Gasteiger partial charge in [0.15, 0.2) is 5.76 Å². The Morgan fingerprint density at radius 1 is 1.09 bits per heavy atom. The summed E-state index contributed by atoms with van der Waals surface area (Å²) >= 11 is 0. The van der Waals surface area contributed by atoms with E-state index in [1.54, 1.807) is 17.5 Å². The molecule has 3 aromatic rings. The summed E-state index contributed by atoms with van der Waals surface area (Å²) in [4.78, 5) is 0. The van der Waals surface area contributed by atoms with Gasteiger partial charge in [0.1, 0.15) is 6.20 Å². The molecule has 0 saturated heterocycles. The number of nitrogens with zero attached hydrogens (tertiary/aromatic N) is 6. The van der Waals surface area contributed by atoms with E-state index in [0.29, 0.717) is 11.6 Å². The van der Waals surface area contributed by atoms with Crippen LogP contribution in [0.5, 0.6) is 0 Å². The molecule has 0 saturated carbocycles. The lowest BCUT2D eigenvalue weighted by Crippen LogP contribution is -2.45. The Morgan fingerprint density at radius 2 is 1.91 bits per heavy atom. The van der Waals surface area contributed by atoms with E-state index in [9.17, 15) is 0 Å². The number of hydrazine groups is 2. The fourth-order valence-electron chi connectivity index (χ4n) is 2.53. The number of nitrogens with one attached hydrogen (secondary N) is 1. The van der Waals surface area contributed by atoms with Crippen LogP contribution in [0.25, 0.3) is 11.3 Å². The number of para-hydroxylation sites is 1. The summed E-state index contributed by atoms with van der Waals surface area (Å²) in [7, 11) is 0. The quantitative estimate of drug-likeness (QED) is 0.779. The Morgan fingerprint density at radius 3 is 2.59 bits per heavy atom. The largest absolute Gasteiger partial charge is 0.337 e. The van der Waals surface area contributed by atoms with Crippen molar-refractivity contribution in [3.63, 3.8) is 0 Å². The standard InChI is InChI=1S/C13H13N7O2/c1-8(2)19-10-5-3-4-9(11-6-14-17-21-11)13(10)16-20(19)12-7-15-18-22-12/h3-8,16H,1-2H3. The third kappa shape index (κ3) is 1.79. The number of hydrogen-bond donors (Lipinski definition) is 1. The van der Waals surface area contributed by atoms with Gasteiger partial charge in [-0.15, -0.1) is 10.2 Å². The van der Waals surface area contributed by atoms with Crippen LogP contribution in [-0.4, -0.2) is 26.8 Å². The first kappa shape index (κ1) is 12.6. The lowest BCUT2D eigenvalue weighted by Gasteiger charge is -2.31. The van der Waals surface area contributed by atoms with E-state index in [-0.39, 0.29) is 6.04 Å². The predicted molar refractivity (Wildman–Crippen MR) is 77.7 cm³/mol. The van der Waals surface area contributed by atoms with Gasteiger partial charge in [-0.05, 0) is 26.0 Å². The van der Waals surface area contributed by atoms with Crippen LogP contribution in [0, 0.1) is 0 Å². The first-order chi connectivity index (χ1) is 10.8. The second-order valence-corrected chi connectivity index (χ2v) is 5.10. The second-order valence-electron chi connectivity index (χ2n) is 5.10. The minimum absolute atomic E-state index is 0.182. The van der Waals surface area contributed by atoms with Crippen molar-refractivity contribution >= 4 is 17.3 Å². The maximum Gasteiger partial charge on any atom is 0.285 e. The molecule has 1 aliphatic rings. The highest BCUT2D eigenvalue weighted by Gasteiger charge is 2.34. The van der Waals surface area contributed by atoms with Gasteiger partial charge in [0.05, 0.1) is 17.6 Å². The van der Waals surface area contributed by atoms with Gasteiger partial charge in [0.25, 0.3) is 5.88 Å². The monoisotopic (exact) mass is 299 g/mol. The highest BCUT2D eigenvalue weighted by atomic mass is 16.5. The van der Waals surface area contributed by atoms with Gasteiger partial charge in [-0.25, -0.2) is 0 Å². The number of rotatable bonds is 3. The zero-order valence-corrected chi connectivity index (χ0v) is 12.0. The SMILES string of the molecule is CC(C)N1c2cccc(-c3cnno3)c2NN1c1cnno1. The van der Waals surface area contributed by atoms with Crippen molar-refractivity contribution in [1.29, 1.82) is 0 Å². The third-order valence-corrected chi connectivity index (χ3v) is 3.40. The van der Waals surface area contributed by atoms with Gasteiger partial charge < -0.3 is 9.05 Å². The molecule has 112 valence electrons. The van der Waals surface area contributed by atoms with Gasteiger partial charge in [0, 0.05) is 22.1 Å². The Kier molecular flexibility index (Phi) is 2.71. The van der Waals surface area contributed by atoms with Gasteiger partial charge in [0.2, 0.25) is 0 Å². The van der Waals surface area contributed by atoms with Crippen LogP contribution in [0.1, 0.15) is 13.8 Å². The van der Waals surface area contributed by atoms with Crippen LogP contribution in [0.15, 0.2) is 39.6 Å². The van der Waals surface area contributed by atoms with Crippen LogP contribution in [0.4, 0.5) is 17.3 Å². The Bertz CT molecular complexity index is 770. The molecular formula is C13H13N7O2. The molecule has 9 nitrogen and oxygen atoms in total. The average molecular weight is 299 g/mol. The summed E-state index contributed by atoms with van der Waals surface area (Å²) in [6, 6.07) is 6.09. The van der Waals surface area contributed by atoms with Crippen molar-refractivity contribution < 1.29 is 9.05 Å². The van der Waals surface area contributed by atoms with E-state index in [1.165, 1.54) is 0 Å². The molecule has 0 spiro atoms. The molecule has 4 rings (SSSR count). The summed E-state index contributed by atoms with van der Waals surface area (Å²) in [5.41, 5.74) is 6.03. The number of fused-ring (bicyclic) bond motifs is 1. The number of hydrogen-bond acceptors (Lipinski definition) is 9. The first-order valence-corrected chi connectivity index (χ1v) is 6.79. The number of aromatic nitrogens is 4. The minimum Gasteiger partial charge on any atom is -0.337 e. The molecule has 0 radical (unpaired) electrons. The van der Waals surface area contributed by atoms with Gasteiger partial charge in [-0.1, -0.05) is 6.07 Å². The van der Waals surface area contributed by atoms with Crippen molar-refractivity contribution in [1.82, 2.24) is 20.7 Å². The highest BCUT2D eigenvalue weighted by Crippen LogP contribution is 2.43. The molecule has 1 N–H and O–H groups in total. The summed E-state index contributed by atoms with van der Waals surface area (Å²) in [6.45, 7) is 4.16. The van der Waals surface area contributed by atoms with Crippen LogP contribution in [0.3, 0.4) is 0 Å². The van der Waals surface area contributed by atoms with E-state index in [2.05, 4.69) is 40.0 Å².